The van der Waals surface area contributed by atoms with Crippen LogP contribution >= 0.6 is 0 Å². The van der Waals surface area contributed by atoms with Crippen LogP contribution in [0.15, 0.2) is 30.2 Å². The van der Waals surface area contributed by atoms with Gasteiger partial charge in [-0.05, 0) is 56.7 Å². The van der Waals surface area contributed by atoms with Crippen molar-refractivity contribution in [1.29, 1.82) is 0 Å². The molecule has 1 aliphatic heterocycles. The molecule has 1 fully saturated rings. The van der Waals surface area contributed by atoms with E-state index in [-0.39, 0.29) is 41.6 Å². The molecule has 0 saturated heterocycles. The summed E-state index contributed by atoms with van der Waals surface area (Å²) in [4.78, 5) is 25.2. The molecule has 5 nitrogen and oxygen atoms in total. The van der Waals surface area contributed by atoms with Crippen molar-refractivity contribution >= 4 is 11.8 Å². The van der Waals surface area contributed by atoms with Crippen LogP contribution in [0.5, 0.6) is 5.75 Å². The van der Waals surface area contributed by atoms with Gasteiger partial charge in [0.25, 0.3) is 0 Å². The second kappa shape index (κ2) is 8.80. The SMILES string of the molecule is CCC(CC)C(=O)OC1CCC2C(=O)C(Oc3cc(C)ccc3C)=COC2C1. The van der Waals surface area contributed by atoms with E-state index in [9.17, 15) is 9.59 Å². The number of aryl methyl sites for hydroxylation is 2. The van der Waals surface area contributed by atoms with Crippen LogP contribution in [0.2, 0.25) is 0 Å². The third-order valence-corrected chi connectivity index (χ3v) is 5.84. The van der Waals surface area contributed by atoms with E-state index in [2.05, 4.69) is 0 Å². The number of allylic oxidation sites excluding steroid dienone is 1. The monoisotopic (exact) mass is 386 g/mol. The van der Waals surface area contributed by atoms with Crippen molar-refractivity contribution in [3.8, 4) is 5.75 Å². The first-order valence-electron chi connectivity index (χ1n) is 10.3. The van der Waals surface area contributed by atoms with Gasteiger partial charge in [-0.15, -0.1) is 0 Å². The van der Waals surface area contributed by atoms with Crippen molar-refractivity contribution in [1.82, 2.24) is 0 Å². The van der Waals surface area contributed by atoms with Gasteiger partial charge >= 0.3 is 5.97 Å². The van der Waals surface area contributed by atoms with E-state index in [4.69, 9.17) is 14.2 Å². The second-order valence-corrected chi connectivity index (χ2v) is 7.88. The Labute approximate surface area is 167 Å². The molecule has 5 heteroatoms. The Morgan fingerprint density at radius 3 is 2.68 bits per heavy atom. The summed E-state index contributed by atoms with van der Waals surface area (Å²) in [6, 6.07) is 5.90. The minimum absolute atomic E-state index is 0.0260. The summed E-state index contributed by atoms with van der Waals surface area (Å²) in [7, 11) is 0. The first kappa shape index (κ1) is 20.4. The summed E-state index contributed by atoms with van der Waals surface area (Å²) in [5.41, 5.74) is 2.04. The summed E-state index contributed by atoms with van der Waals surface area (Å²) in [6.07, 6.45) is 4.42. The summed E-state index contributed by atoms with van der Waals surface area (Å²) in [5, 5.41) is 0. The molecule has 3 atom stereocenters. The minimum Gasteiger partial charge on any atom is -0.493 e. The lowest BCUT2D eigenvalue weighted by Crippen LogP contribution is -2.43. The van der Waals surface area contributed by atoms with Crippen molar-refractivity contribution in [2.24, 2.45) is 11.8 Å². The highest BCUT2D eigenvalue weighted by Gasteiger charge is 2.42. The van der Waals surface area contributed by atoms with E-state index in [1.165, 1.54) is 6.26 Å². The Kier molecular flexibility index (Phi) is 6.42. The van der Waals surface area contributed by atoms with Crippen LogP contribution in [-0.4, -0.2) is 24.0 Å². The van der Waals surface area contributed by atoms with Crippen molar-refractivity contribution in [2.75, 3.05) is 0 Å². The maximum atomic E-state index is 12.9. The Bertz CT molecular complexity index is 762. The topological polar surface area (TPSA) is 61.8 Å². The molecule has 0 spiro atoms. The number of carbonyl (C=O) groups excluding carboxylic acids is 2. The molecule has 1 heterocycles. The van der Waals surface area contributed by atoms with Crippen molar-refractivity contribution in [3.63, 3.8) is 0 Å². The number of Topliss-reactive ketones (excluding diaryl/α,β-unsaturated/α-hetero) is 1. The molecule has 0 N–H and O–H groups in total. The van der Waals surface area contributed by atoms with Crippen LogP contribution < -0.4 is 4.74 Å². The smallest absolute Gasteiger partial charge is 0.309 e. The number of benzene rings is 1. The number of fused-ring (bicyclic) bond motifs is 1. The average Bonchev–Trinajstić information content (AvgIpc) is 2.68. The van der Waals surface area contributed by atoms with Crippen LogP contribution in [0.3, 0.4) is 0 Å². The summed E-state index contributed by atoms with van der Waals surface area (Å²) >= 11 is 0. The first-order chi connectivity index (χ1) is 13.4. The van der Waals surface area contributed by atoms with Gasteiger partial charge in [-0.1, -0.05) is 26.0 Å². The second-order valence-electron chi connectivity index (χ2n) is 7.88. The number of ketones is 1. The number of carbonyl (C=O) groups is 2. The highest BCUT2D eigenvalue weighted by molar-refractivity contribution is 5.96. The minimum atomic E-state index is -0.258. The lowest BCUT2D eigenvalue weighted by atomic mass is 9.80. The van der Waals surface area contributed by atoms with Gasteiger partial charge in [-0.3, -0.25) is 9.59 Å². The third kappa shape index (κ3) is 4.40. The Morgan fingerprint density at radius 1 is 1.21 bits per heavy atom. The highest BCUT2D eigenvalue weighted by Crippen LogP contribution is 2.36. The summed E-state index contributed by atoms with van der Waals surface area (Å²) in [5.74, 6) is 0.473. The van der Waals surface area contributed by atoms with Crippen molar-refractivity contribution < 1.29 is 23.8 Å². The van der Waals surface area contributed by atoms with E-state index < -0.39 is 0 Å². The number of hydrogen-bond donors (Lipinski definition) is 0. The number of esters is 1. The fourth-order valence-electron chi connectivity index (χ4n) is 3.93. The van der Waals surface area contributed by atoms with Crippen LogP contribution in [0, 0.1) is 25.7 Å². The largest absolute Gasteiger partial charge is 0.493 e. The number of hydrogen-bond acceptors (Lipinski definition) is 5. The number of rotatable bonds is 6. The Morgan fingerprint density at radius 2 is 1.96 bits per heavy atom. The molecular formula is C23H30O5. The first-order valence-corrected chi connectivity index (χ1v) is 10.3. The summed E-state index contributed by atoms with van der Waals surface area (Å²) < 4.78 is 17.4. The molecule has 3 rings (SSSR count). The predicted molar refractivity (Wildman–Crippen MR) is 106 cm³/mol. The molecule has 1 saturated carbocycles. The molecule has 0 bridgehead atoms. The quantitative estimate of drug-likeness (QED) is 0.667. The molecule has 1 aliphatic carbocycles. The zero-order valence-electron chi connectivity index (χ0n) is 17.2. The molecule has 1 aromatic rings. The molecule has 1 aromatic carbocycles. The van der Waals surface area contributed by atoms with Gasteiger partial charge < -0.3 is 14.2 Å². The van der Waals surface area contributed by atoms with Gasteiger partial charge in [0, 0.05) is 6.42 Å². The molecule has 0 aromatic heterocycles. The lowest BCUT2D eigenvalue weighted by Gasteiger charge is -2.37. The maximum Gasteiger partial charge on any atom is 0.309 e. The van der Waals surface area contributed by atoms with Gasteiger partial charge in [-0.2, -0.15) is 0 Å². The van der Waals surface area contributed by atoms with Crippen LogP contribution in [0.4, 0.5) is 0 Å². The molecule has 3 unspecified atom stereocenters. The standard InChI is InChI=1S/C23H30O5/c1-5-16(6-2)23(25)27-17-9-10-18-20(12-17)26-13-21(22(18)24)28-19-11-14(3)7-8-15(19)4/h7-8,11,13,16-18,20H,5-6,9-10,12H2,1-4H3. The molecule has 2 aliphatic rings. The van der Waals surface area contributed by atoms with E-state index in [0.29, 0.717) is 25.0 Å². The van der Waals surface area contributed by atoms with Crippen LogP contribution in [0.25, 0.3) is 0 Å². The van der Waals surface area contributed by atoms with E-state index >= 15 is 0 Å². The van der Waals surface area contributed by atoms with Crippen LogP contribution in [-0.2, 0) is 19.1 Å². The number of ether oxygens (including phenoxy) is 3. The van der Waals surface area contributed by atoms with E-state index in [1.807, 2.05) is 45.9 Å². The molecule has 28 heavy (non-hydrogen) atoms. The fourth-order valence-corrected chi connectivity index (χ4v) is 3.93. The average molecular weight is 386 g/mol. The van der Waals surface area contributed by atoms with E-state index in [0.717, 1.165) is 24.0 Å². The van der Waals surface area contributed by atoms with Crippen molar-refractivity contribution in [2.45, 2.75) is 72.0 Å². The highest BCUT2D eigenvalue weighted by atomic mass is 16.6. The van der Waals surface area contributed by atoms with Gasteiger partial charge in [-0.25, -0.2) is 0 Å². The normalized spacial score (nSPS) is 24.2. The Hall–Kier alpha value is -2.30. The van der Waals surface area contributed by atoms with Gasteiger partial charge in [0.05, 0.1) is 11.8 Å². The molecule has 0 amide bonds. The van der Waals surface area contributed by atoms with Gasteiger partial charge in [0.1, 0.15) is 24.2 Å². The predicted octanol–water partition coefficient (Wildman–Crippen LogP) is 4.64. The van der Waals surface area contributed by atoms with E-state index in [1.54, 1.807) is 0 Å². The molecular weight excluding hydrogens is 356 g/mol. The molecule has 152 valence electrons. The van der Waals surface area contributed by atoms with Gasteiger partial charge in [0.2, 0.25) is 11.5 Å². The molecule has 0 radical (unpaired) electrons. The lowest BCUT2D eigenvalue weighted by molar-refractivity contribution is -0.160. The fraction of sp³-hybridized carbons (Fsp3) is 0.565. The maximum absolute atomic E-state index is 12.9. The third-order valence-electron chi connectivity index (χ3n) is 5.84. The summed E-state index contributed by atoms with van der Waals surface area (Å²) in [6.45, 7) is 7.93. The van der Waals surface area contributed by atoms with Crippen molar-refractivity contribution in [3.05, 3.63) is 41.3 Å². The van der Waals surface area contributed by atoms with Gasteiger partial charge in [0.15, 0.2) is 0 Å². The van der Waals surface area contributed by atoms with Crippen LogP contribution in [0.1, 0.15) is 57.1 Å². The zero-order valence-corrected chi connectivity index (χ0v) is 17.2. The Balaban J connectivity index is 1.64. The zero-order chi connectivity index (χ0) is 20.3.